The summed E-state index contributed by atoms with van der Waals surface area (Å²) in [6.45, 7) is 1.90. The van der Waals surface area contributed by atoms with Gasteiger partial charge in [0.25, 0.3) is 5.91 Å². The van der Waals surface area contributed by atoms with Gasteiger partial charge in [0.15, 0.2) is 11.0 Å². The van der Waals surface area contributed by atoms with E-state index in [1.165, 1.54) is 11.8 Å². The van der Waals surface area contributed by atoms with Crippen LogP contribution in [0.3, 0.4) is 0 Å². The Balaban J connectivity index is 1.43. The third-order valence-corrected chi connectivity index (χ3v) is 6.34. The van der Waals surface area contributed by atoms with Gasteiger partial charge in [-0.1, -0.05) is 54.2 Å². The van der Waals surface area contributed by atoms with Gasteiger partial charge in [0, 0.05) is 23.9 Å². The Hall–Kier alpha value is -4.11. The summed E-state index contributed by atoms with van der Waals surface area (Å²) in [7, 11) is 3.40. The second-order valence-electron chi connectivity index (χ2n) is 7.75. The molecular formula is C26H25N5O3S. The Labute approximate surface area is 207 Å². The van der Waals surface area contributed by atoms with Crippen LogP contribution in [-0.2, 0) is 11.8 Å². The molecule has 0 bridgehead atoms. The number of methoxy groups -OCH3 is 1. The molecule has 1 heterocycles. The van der Waals surface area contributed by atoms with E-state index in [2.05, 4.69) is 20.8 Å². The number of carbonyl (C=O) groups excluding carboxylic acids is 2. The van der Waals surface area contributed by atoms with Crippen LogP contribution in [0.4, 0.5) is 11.4 Å². The molecule has 2 N–H and O–H groups in total. The van der Waals surface area contributed by atoms with Gasteiger partial charge >= 0.3 is 0 Å². The van der Waals surface area contributed by atoms with Gasteiger partial charge in [-0.25, -0.2) is 0 Å². The van der Waals surface area contributed by atoms with E-state index in [1.54, 1.807) is 25.3 Å². The molecule has 0 radical (unpaired) electrons. The largest absolute Gasteiger partial charge is 0.495 e. The number of thioether (sulfide) groups is 1. The van der Waals surface area contributed by atoms with Crippen LogP contribution < -0.4 is 15.4 Å². The lowest BCUT2D eigenvalue weighted by molar-refractivity contribution is -0.113. The van der Waals surface area contributed by atoms with E-state index in [0.29, 0.717) is 33.7 Å². The topological polar surface area (TPSA) is 98.1 Å². The molecule has 0 atom stereocenters. The Morgan fingerprint density at radius 2 is 1.74 bits per heavy atom. The van der Waals surface area contributed by atoms with Crippen molar-refractivity contribution in [3.63, 3.8) is 0 Å². The fourth-order valence-corrected chi connectivity index (χ4v) is 4.23. The van der Waals surface area contributed by atoms with Crippen molar-refractivity contribution in [2.75, 3.05) is 23.5 Å². The van der Waals surface area contributed by atoms with Gasteiger partial charge in [0.2, 0.25) is 5.91 Å². The van der Waals surface area contributed by atoms with Crippen LogP contribution >= 0.6 is 11.8 Å². The Morgan fingerprint density at radius 1 is 0.971 bits per heavy atom. The van der Waals surface area contributed by atoms with Crippen molar-refractivity contribution in [2.45, 2.75) is 12.1 Å². The normalized spacial score (nSPS) is 10.6. The number of amides is 2. The van der Waals surface area contributed by atoms with Crippen molar-refractivity contribution in [2.24, 2.45) is 7.05 Å². The second-order valence-corrected chi connectivity index (χ2v) is 8.69. The number of hydrogen-bond donors (Lipinski definition) is 2. The van der Waals surface area contributed by atoms with E-state index in [9.17, 15) is 9.59 Å². The highest BCUT2D eigenvalue weighted by atomic mass is 32.2. The van der Waals surface area contributed by atoms with Crippen LogP contribution in [-0.4, -0.2) is 39.4 Å². The minimum Gasteiger partial charge on any atom is -0.495 e. The van der Waals surface area contributed by atoms with Gasteiger partial charge < -0.3 is 19.9 Å². The number of aromatic nitrogens is 3. The first kappa shape index (κ1) is 24.0. The van der Waals surface area contributed by atoms with Crippen LogP contribution in [0.1, 0.15) is 15.9 Å². The van der Waals surface area contributed by atoms with Crippen LogP contribution in [0.5, 0.6) is 5.75 Å². The highest BCUT2D eigenvalue weighted by molar-refractivity contribution is 7.99. The van der Waals surface area contributed by atoms with E-state index in [0.717, 1.165) is 11.1 Å². The molecule has 0 aliphatic carbocycles. The van der Waals surface area contributed by atoms with E-state index in [1.807, 2.05) is 73.1 Å². The Bertz CT molecular complexity index is 1370. The number of ether oxygens (including phenoxy) is 1. The first-order chi connectivity index (χ1) is 17.0. The Kier molecular flexibility index (Phi) is 7.47. The monoisotopic (exact) mass is 487 g/mol. The molecule has 9 heteroatoms. The molecule has 4 rings (SSSR count). The van der Waals surface area contributed by atoms with Crippen molar-refractivity contribution in [3.8, 4) is 17.1 Å². The van der Waals surface area contributed by atoms with Gasteiger partial charge in [-0.05, 0) is 42.8 Å². The van der Waals surface area contributed by atoms with E-state index in [4.69, 9.17) is 4.74 Å². The fraction of sp³-hybridized carbons (Fsp3) is 0.154. The minimum atomic E-state index is -0.176. The number of nitrogens with one attached hydrogen (secondary N) is 2. The zero-order chi connectivity index (χ0) is 24.8. The smallest absolute Gasteiger partial charge is 0.255 e. The van der Waals surface area contributed by atoms with Crippen molar-refractivity contribution in [1.82, 2.24) is 14.8 Å². The van der Waals surface area contributed by atoms with Crippen molar-refractivity contribution in [3.05, 3.63) is 83.9 Å². The van der Waals surface area contributed by atoms with E-state index < -0.39 is 0 Å². The molecule has 0 unspecified atom stereocenters. The lowest BCUT2D eigenvalue weighted by Gasteiger charge is -2.10. The molecule has 0 spiro atoms. The molecule has 178 valence electrons. The highest BCUT2D eigenvalue weighted by Crippen LogP contribution is 2.26. The van der Waals surface area contributed by atoms with Crippen molar-refractivity contribution in [1.29, 1.82) is 0 Å². The van der Waals surface area contributed by atoms with Crippen LogP contribution in [0, 0.1) is 6.92 Å². The van der Waals surface area contributed by atoms with Gasteiger partial charge in [-0.2, -0.15) is 0 Å². The summed E-state index contributed by atoms with van der Waals surface area (Å²) in [6.07, 6.45) is 0. The predicted molar refractivity (Wildman–Crippen MR) is 138 cm³/mol. The summed E-state index contributed by atoms with van der Waals surface area (Å²) < 4.78 is 7.09. The van der Waals surface area contributed by atoms with Gasteiger partial charge in [-0.15, -0.1) is 10.2 Å². The number of anilines is 2. The number of aryl methyl sites for hydroxylation is 1. The molecule has 3 aromatic carbocycles. The fourth-order valence-electron chi connectivity index (χ4n) is 3.52. The average molecular weight is 488 g/mol. The average Bonchev–Trinajstić information content (AvgIpc) is 3.23. The zero-order valence-corrected chi connectivity index (χ0v) is 20.4. The summed E-state index contributed by atoms with van der Waals surface area (Å²) in [6, 6.07) is 22.1. The van der Waals surface area contributed by atoms with Crippen LogP contribution in [0.25, 0.3) is 11.4 Å². The first-order valence-electron chi connectivity index (χ1n) is 10.9. The van der Waals surface area contributed by atoms with Crippen molar-refractivity contribution >= 4 is 35.0 Å². The molecule has 4 aromatic rings. The third-order valence-electron chi connectivity index (χ3n) is 5.32. The molecule has 0 aliphatic heterocycles. The quantitative estimate of drug-likeness (QED) is 0.347. The number of carbonyl (C=O) groups is 2. The lowest BCUT2D eigenvalue weighted by Crippen LogP contribution is -2.15. The number of benzene rings is 3. The van der Waals surface area contributed by atoms with Gasteiger partial charge in [0.05, 0.1) is 18.6 Å². The highest BCUT2D eigenvalue weighted by Gasteiger charge is 2.15. The number of para-hydroxylation sites is 2. The third kappa shape index (κ3) is 5.70. The maximum Gasteiger partial charge on any atom is 0.255 e. The van der Waals surface area contributed by atoms with Crippen molar-refractivity contribution < 1.29 is 14.3 Å². The van der Waals surface area contributed by atoms with E-state index >= 15 is 0 Å². The second kappa shape index (κ2) is 10.9. The SMILES string of the molecule is COc1ccccc1NC(=O)CSc1nnc(-c2cccc(NC(=O)c3ccccc3C)c2)n1C. The number of hydrogen-bond acceptors (Lipinski definition) is 6. The molecule has 0 saturated heterocycles. The Morgan fingerprint density at radius 3 is 2.54 bits per heavy atom. The number of rotatable bonds is 8. The summed E-state index contributed by atoms with van der Waals surface area (Å²) in [5.74, 6) is 1.04. The molecule has 1 aromatic heterocycles. The van der Waals surface area contributed by atoms with Gasteiger partial charge in [-0.3, -0.25) is 9.59 Å². The molecule has 0 aliphatic rings. The molecule has 8 nitrogen and oxygen atoms in total. The maximum absolute atomic E-state index is 12.7. The summed E-state index contributed by atoms with van der Waals surface area (Å²) in [4.78, 5) is 25.1. The summed E-state index contributed by atoms with van der Waals surface area (Å²) in [5, 5.41) is 14.9. The van der Waals surface area contributed by atoms with E-state index in [-0.39, 0.29) is 17.6 Å². The minimum absolute atomic E-state index is 0.163. The molecular weight excluding hydrogens is 462 g/mol. The van der Waals surface area contributed by atoms with Crippen LogP contribution in [0.2, 0.25) is 0 Å². The molecule has 35 heavy (non-hydrogen) atoms. The van der Waals surface area contributed by atoms with Crippen LogP contribution in [0.15, 0.2) is 78.0 Å². The summed E-state index contributed by atoms with van der Waals surface area (Å²) in [5.41, 5.74) is 3.60. The first-order valence-corrected chi connectivity index (χ1v) is 11.9. The standard InChI is InChI=1S/C26H25N5O3S/c1-17-9-4-5-12-20(17)25(33)27-19-11-8-10-18(15-19)24-29-30-26(31(24)2)35-16-23(32)28-21-13-6-7-14-22(21)34-3/h4-15H,16H2,1-3H3,(H,27,33)(H,28,32). The molecule has 2 amide bonds. The molecule has 0 saturated carbocycles. The summed E-state index contributed by atoms with van der Waals surface area (Å²) >= 11 is 1.28. The zero-order valence-electron chi connectivity index (χ0n) is 19.6. The van der Waals surface area contributed by atoms with Gasteiger partial charge in [0.1, 0.15) is 5.75 Å². The maximum atomic E-state index is 12.7. The lowest BCUT2D eigenvalue weighted by atomic mass is 10.1. The number of nitrogens with zero attached hydrogens (tertiary/aromatic N) is 3. The predicted octanol–water partition coefficient (Wildman–Crippen LogP) is 4.78. The molecule has 0 fully saturated rings.